The summed E-state index contributed by atoms with van der Waals surface area (Å²) in [7, 11) is 0. The standard InChI is InChI=1S/C17H23N5O/c1-2-13(1)14-11-15(16-19-18-12-22(16)20-14)21-7-3-17(4-8-21)5-9-23-10-6-17/h11-13H,1-10H2. The Morgan fingerprint density at radius 1 is 1.09 bits per heavy atom. The van der Waals surface area contributed by atoms with E-state index in [4.69, 9.17) is 4.74 Å². The lowest BCUT2D eigenvalue weighted by Gasteiger charge is -2.44. The molecule has 2 aromatic rings. The molecule has 0 N–H and O–H groups in total. The third kappa shape index (κ3) is 2.40. The number of rotatable bonds is 2. The number of aromatic nitrogens is 4. The molecule has 3 fully saturated rings. The first kappa shape index (κ1) is 13.7. The van der Waals surface area contributed by atoms with E-state index in [-0.39, 0.29) is 0 Å². The van der Waals surface area contributed by atoms with Gasteiger partial charge in [-0.15, -0.1) is 10.2 Å². The molecule has 2 saturated heterocycles. The Hall–Kier alpha value is -1.69. The molecule has 0 bridgehead atoms. The molecule has 6 heteroatoms. The van der Waals surface area contributed by atoms with Crippen molar-refractivity contribution in [3.63, 3.8) is 0 Å². The summed E-state index contributed by atoms with van der Waals surface area (Å²) < 4.78 is 7.42. The van der Waals surface area contributed by atoms with Gasteiger partial charge in [-0.05, 0) is 50.0 Å². The van der Waals surface area contributed by atoms with Crippen LogP contribution in [0.4, 0.5) is 5.69 Å². The predicted octanol–water partition coefficient (Wildman–Crippen LogP) is 2.40. The molecule has 1 aliphatic carbocycles. The first-order chi connectivity index (χ1) is 11.3. The Balaban J connectivity index is 1.43. The van der Waals surface area contributed by atoms with Crippen LogP contribution in [-0.4, -0.2) is 46.1 Å². The highest BCUT2D eigenvalue weighted by molar-refractivity contribution is 5.68. The van der Waals surface area contributed by atoms with E-state index in [1.165, 1.54) is 49.9 Å². The van der Waals surface area contributed by atoms with Crippen LogP contribution in [0.2, 0.25) is 0 Å². The van der Waals surface area contributed by atoms with Crippen molar-refractivity contribution in [2.45, 2.75) is 44.4 Å². The summed E-state index contributed by atoms with van der Waals surface area (Å²) in [6.45, 7) is 4.10. The molecular weight excluding hydrogens is 290 g/mol. The number of nitrogens with zero attached hydrogens (tertiary/aromatic N) is 5. The van der Waals surface area contributed by atoms with Gasteiger partial charge in [-0.2, -0.15) is 9.61 Å². The fourth-order valence-electron chi connectivity index (χ4n) is 4.17. The summed E-state index contributed by atoms with van der Waals surface area (Å²) in [6, 6.07) is 2.27. The van der Waals surface area contributed by atoms with Crippen molar-refractivity contribution in [1.82, 2.24) is 19.8 Å². The summed E-state index contributed by atoms with van der Waals surface area (Å²) in [6.07, 6.45) is 9.24. The summed E-state index contributed by atoms with van der Waals surface area (Å²) in [5, 5.41) is 13.1. The van der Waals surface area contributed by atoms with E-state index in [0.717, 1.165) is 32.0 Å². The third-order valence-corrected chi connectivity index (χ3v) is 5.98. The molecule has 0 atom stereocenters. The monoisotopic (exact) mass is 313 g/mol. The zero-order valence-electron chi connectivity index (χ0n) is 13.4. The predicted molar refractivity (Wildman–Crippen MR) is 86.7 cm³/mol. The van der Waals surface area contributed by atoms with Crippen molar-refractivity contribution in [1.29, 1.82) is 0 Å². The Bertz CT molecular complexity index is 707. The van der Waals surface area contributed by atoms with Crippen LogP contribution in [0, 0.1) is 5.41 Å². The van der Waals surface area contributed by atoms with Crippen molar-refractivity contribution >= 4 is 11.3 Å². The van der Waals surface area contributed by atoms with Gasteiger partial charge < -0.3 is 9.64 Å². The molecule has 0 radical (unpaired) electrons. The Morgan fingerprint density at radius 2 is 1.87 bits per heavy atom. The van der Waals surface area contributed by atoms with Gasteiger partial charge in [-0.3, -0.25) is 0 Å². The van der Waals surface area contributed by atoms with Crippen LogP contribution in [0.15, 0.2) is 12.4 Å². The lowest BCUT2D eigenvalue weighted by atomic mass is 9.72. The van der Waals surface area contributed by atoms with E-state index < -0.39 is 0 Å². The lowest BCUT2D eigenvalue weighted by molar-refractivity contribution is 0.00213. The second-order valence-electron chi connectivity index (χ2n) is 7.43. The average Bonchev–Trinajstić information content (AvgIpc) is 3.33. The molecule has 3 aliphatic rings. The van der Waals surface area contributed by atoms with Gasteiger partial charge in [0, 0.05) is 32.2 Å². The molecule has 1 saturated carbocycles. The molecule has 1 spiro atoms. The molecule has 2 aromatic heterocycles. The van der Waals surface area contributed by atoms with Crippen LogP contribution in [0.5, 0.6) is 0 Å². The minimum Gasteiger partial charge on any atom is -0.381 e. The SMILES string of the molecule is c1c(C2CC2)nn2cnnc2c1N1CCC2(CCOCC2)CC1. The van der Waals surface area contributed by atoms with Crippen molar-refractivity contribution < 1.29 is 4.74 Å². The quantitative estimate of drug-likeness (QED) is 0.852. The average molecular weight is 313 g/mol. The van der Waals surface area contributed by atoms with E-state index in [9.17, 15) is 0 Å². The molecular formula is C17H23N5O. The minimum atomic E-state index is 0.519. The van der Waals surface area contributed by atoms with Crippen LogP contribution in [0.3, 0.4) is 0 Å². The summed E-state index contributed by atoms with van der Waals surface area (Å²) in [5.74, 6) is 0.646. The second kappa shape index (κ2) is 5.16. The number of anilines is 1. The molecule has 0 amide bonds. The van der Waals surface area contributed by atoms with Crippen LogP contribution in [-0.2, 0) is 4.74 Å². The van der Waals surface area contributed by atoms with E-state index in [1.807, 2.05) is 4.52 Å². The Kier molecular flexibility index (Phi) is 3.08. The number of ether oxygens (including phenoxy) is 1. The summed E-state index contributed by atoms with van der Waals surface area (Å²) >= 11 is 0. The largest absolute Gasteiger partial charge is 0.381 e. The lowest BCUT2D eigenvalue weighted by Crippen LogP contribution is -2.43. The van der Waals surface area contributed by atoms with E-state index in [0.29, 0.717) is 11.3 Å². The first-order valence-corrected chi connectivity index (χ1v) is 8.87. The van der Waals surface area contributed by atoms with Gasteiger partial charge in [0.05, 0.1) is 11.4 Å². The van der Waals surface area contributed by atoms with Gasteiger partial charge in [0.15, 0.2) is 0 Å². The summed E-state index contributed by atoms with van der Waals surface area (Å²) in [5.41, 5.74) is 3.85. The maximum atomic E-state index is 5.56. The van der Waals surface area contributed by atoms with Crippen LogP contribution < -0.4 is 4.90 Å². The maximum Gasteiger partial charge on any atom is 0.200 e. The second-order valence-corrected chi connectivity index (χ2v) is 7.43. The minimum absolute atomic E-state index is 0.519. The van der Waals surface area contributed by atoms with E-state index in [2.05, 4.69) is 26.3 Å². The highest BCUT2D eigenvalue weighted by atomic mass is 16.5. The number of hydrogen-bond acceptors (Lipinski definition) is 5. The number of piperidine rings is 1. The molecule has 2 aliphatic heterocycles. The fraction of sp³-hybridized carbons (Fsp3) is 0.706. The normalized spacial score (nSPS) is 24.4. The van der Waals surface area contributed by atoms with Gasteiger partial charge in [-0.25, -0.2) is 0 Å². The third-order valence-electron chi connectivity index (χ3n) is 5.98. The van der Waals surface area contributed by atoms with Gasteiger partial charge in [0.2, 0.25) is 5.65 Å². The number of hydrogen-bond donors (Lipinski definition) is 0. The van der Waals surface area contributed by atoms with Crippen molar-refractivity contribution in [2.75, 3.05) is 31.2 Å². The highest BCUT2D eigenvalue weighted by Crippen LogP contribution is 2.43. The maximum absolute atomic E-state index is 5.56. The van der Waals surface area contributed by atoms with Gasteiger partial charge in [-0.1, -0.05) is 0 Å². The smallest absolute Gasteiger partial charge is 0.200 e. The molecule has 23 heavy (non-hydrogen) atoms. The van der Waals surface area contributed by atoms with Crippen molar-refractivity contribution in [3.8, 4) is 0 Å². The molecule has 6 nitrogen and oxygen atoms in total. The topological polar surface area (TPSA) is 55.5 Å². The van der Waals surface area contributed by atoms with Crippen LogP contribution in [0.25, 0.3) is 5.65 Å². The van der Waals surface area contributed by atoms with Crippen LogP contribution >= 0.6 is 0 Å². The zero-order chi connectivity index (χ0) is 15.3. The Labute approximate surface area is 135 Å². The van der Waals surface area contributed by atoms with Crippen molar-refractivity contribution in [3.05, 3.63) is 18.1 Å². The molecule has 0 unspecified atom stereocenters. The highest BCUT2D eigenvalue weighted by Gasteiger charge is 2.37. The van der Waals surface area contributed by atoms with Gasteiger partial charge in [0.25, 0.3) is 0 Å². The Morgan fingerprint density at radius 3 is 2.61 bits per heavy atom. The molecule has 122 valence electrons. The number of fused-ring (bicyclic) bond motifs is 1. The fourth-order valence-corrected chi connectivity index (χ4v) is 4.17. The zero-order valence-corrected chi connectivity index (χ0v) is 13.4. The van der Waals surface area contributed by atoms with Gasteiger partial charge in [0.1, 0.15) is 6.33 Å². The van der Waals surface area contributed by atoms with Gasteiger partial charge >= 0.3 is 0 Å². The van der Waals surface area contributed by atoms with E-state index >= 15 is 0 Å². The molecule has 4 heterocycles. The van der Waals surface area contributed by atoms with Crippen molar-refractivity contribution in [2.24, 2.45) is 5.41 Å². The first-order valence-electron chi connectivity index (χ1n) is 8.87. The van der Waals surface area contributed by atoms with E-state index in [1.54, 1.807) is 6.33 Å². The summed E-state index contributed by atoms with van der Waals surface area (Å²) in [4.78, 5) is 2.50. The van der Waals surface area contributed by atoms with Crippen LogP contribution in [0.1, 0.15) is 50.1 Å². The molecule has 5 rings (SSSR count). The molecule has 0 aromatic carbocycles.